The van der Waals surface area contributed by atoms with Crippen LogP contribution in [0.15, 0.2) is 12.2 Å². The second kappa shape index (κ2) is 41.8. The van der Waals surface area contributed by atoms with E-state index in [9.17, 15) is 19.8 Å². The molecule has 0 aromatic heterocycles. The van der Waals surface area contributed by atoms with Gasteiger partial charge in [-0.2, -0.15) is 0 Å². The fraction of sp³-hybridized carbons (Fsp3) is 0.915. The zero-order valence-electron chi connectivity index (χ0n) is 35.7. The van der Waals surface area contributed by atoms with Crippen molar-refractivity contribution >= 4 is 11.9 Å². The zero-order valence-corrected chi connectivity index (χ0v) is 35.7. The quantitative estimate of drug-likeness (QED) is 0.0328. The van der Waals surface area contributed by atoms with Crippen molar-refractivity contribution in [3.63, 3.8) is 0 Å². The smallest absolute Gasteiger partial charge is 0.306 e. The molecule has 0 fully saturated rings. The molecular formula is C47H91NO5. The summed E-state index contributed by atoms with van der Waals surface area (Å²) in [7, 11) is 0. The third-order valence-electron chi connectivity index (χ3n) is 10.8. The van der Waals surface area contributed by atoms with Gasteiger partial charge in [-0.25, -0.2) is 0 Å². The monoisotopic (exact) mass is 750 g/mol. The molecule has 3 N–H and O–H groups in total. The van der Waals surface area contributed by atoms with Crippen LogP contribution in [0.3, 0.4) is 0 Å². The number of nitrogens with one attached hydrogen (secondary N) is 1. The number of hydrogen-bond acceptors (Lipinski definition) is 5. The van der Waals surface area contributed by atoms with Gasteiger partial charge in [0, 0.05) is 6.42 Å². The van der Waals surface area contributed by atoms with E-state index in [0.29, 0.717) is 19.3 Å². The summed E-state index contributed by atoms with van der Waals surface area (Å²) in [6.07, 6.45) is 44.2. The Morgan fingerprint density at radius 3 is 1.38 bits per heavy atom. The summed E-state index contributed by atoms with van der Waals surface area (Å²) in [6, 6.07) is -0.701. The molecule has 0 radical (unpaired) electrons. The number of carbonyl (C=O) groups excluding carboxylic acids is 2. The van der Waals surface area contributed by atoms with Gasteiger partial charge in [-0.15, -0.1) is 0 Å². The number of unbranched alkanes of at least 4 members (excludes halogenated alkanes) is 28. The summed E-state index contributed by atoms with van der Waals surface area (Å²) in [5.74, 6) is -0.493. The van der Waals surface area contributed by atoms with E-state index >= 15 is 0 Å². The van der Waals surface area contributed by atoms with Crippen molar-refractivity contribution in [3.05, 3.63) is 12.2 Å². The van der Waals surface area contributed by atoms with Gasteiger partial charge in [0.25, 0.3) is 0 Å². The Kier molecular flexibility index (Phi) is 40.7. The van der Waals surface area contributed by atoms with Gasteiger partial charge in [0.05, 0.1) is 25.2 Å². The maximum Gasteiger partial charge on any atom is 0.306 e. The molecule has 0 spiro atoms. The van der Waals surface area contributed by atoms with E-state index in [1.54, 1.807) is 0 Å². The molecule has 0 saturated carbocycles. The molecule has 0 aliphatic rings. The molecule has 53 heavy (non-hydrogen) atoms. The lowest BCUT2D eigenvalue weighted by atomic mass is 10.0. The number of rotatable bonds is 42. The lowest BCUT2D eigenvalue weighted by Gasteiger charge is -2.24. The van der Waals surface area contributed by atoms with Crippen molar-refractivity contribution in [2.45, 2.75) is 270 Å². The maximum absolute atomic E-state index is 13.1. The van der Waals surface area contributed by atoms with Gasteiger partial charge in [-0.1, -0.05) is 206 Å². The van der Waals surface area contributed by atoms with Crippen LogP contribution in [0.1, 0.15) is 252 Å². The van der Waals surface area contributed by atoms with Gasteiger partial charge < -0.3 is 20.3 Å². The molecule has 3 unspecified atom stereocenters. The van der Waals surface area contributed by atoms with Crippen LogP contribution in [0.5, 0.6) is 0 Å². The topological polar surface area (TPSA) is 95.9 Å². The number of hydrogen-bond donors (Lipinski definition) is 3. The number of carbonyl (C=O) groups is 2. The fourth-order valence-corrected chi connectivity index (χ4v) is 7.25. The first-order valence-corrected chi connectivity index (χ1v) is 23.4. The largest absolute Gasteiger partial charge is 0.462 e. The standard InChI is InChI=1S/C47H91NO5/c1-4-7-10-13-16-19-21-23-25-28-31-34-37-40-47(52)53-43(38-35-32-29-27-24-22-20-17-14-11-8-5-2)41-46(51)48-44(42-49)45(50)39-36-33-30-26-18-15-12-9-6-3/h27,29,43-45,49-50H,4-26,28,30-42H2,1-3H3,(H,48,51)/b29-27-. The average molecular weight is 750 g/mol. The molecule has 6 heteroatoms. The highest BCUT2D eigenvalue weighted by atomic mass is 16.5. The van der Waals surface area contributed by atoms with Gasteiger partial charge in [0.2, 0.25) is 5.91 Å². The first-order valence-electron chi connectivity index (χ1n) is 23.4. The van der Waals surface area contributed by atoms with Gasteiger partial charge in [0.1, 0.15) is 6.10 Å². The number of amides is 1. The highest BCUT2D eigenvalue weighted by Gasteiger charge is 2.24. The first kappa shape index (κ1) is 51.6. The lowest BCUT2D eigenvalue weighted by molar-refractivity contribution is -0.151. The van der Waals surface area contributed by atoms with Crippen molar-refractivity contribution in [3.8, 4) is 0 Å². The molecule has 0 aromatic carbocycles. The Hall–Kier alpha value is -1.40. The Morgan fingerprint density at radius 2 is 0.925 bits per heavy atom. The van der Waals surface area contributed by atoms with E-state index in [2.05, 4.69) is 38.2 Å². The predicted molar refractivity (Wildman–Crippen MR) is 227 cm³/mol. The third-order valence-corrected chi connectivity index (χ3v) is 10.8. The van der Waals surface area contributed by atoms with Gasteiger partial charge in [0.15, 0.2) is 0 Å². The van der Waals surface area contributed by atoms with E-state index in [-0.39, 0.29) is 24.9 Å². The molecular weight excluding hydrogens is 659 g/mol. The van der Waals surface area contributed by atoms with E-state index in [0.717, 1.165) is 57.8 Å². The van der Waals surface area contributed by atoms with Gasteiger partial charge in [-0.3, -0.25) is 9.59 Å². The average Bonchev–Trinajstić information content (AvgIpc) is 3.15. The van der Waals surface area contributed by atoms with Crippen LogP contribution in [0.25, 0.3) is 0 Å². The molecule has 3 atom stereocenters. The van der Waals surface area contributed by atoms with Crippen LogP contribution in [0.2, 0.25) is 0 Å². The highest BCUT2D eigenvalue weighted by Crippen LogP contribution is 2.17. The lowest BCUT2D eigenvalue weighted by Crippen LogP contribution is -2.46. The Morgan fingerprint density at radius 1 is 0.528 bits per heavy atom. The number of esters is 1. The van der Waals surface area contributed by atoms with Gasteiger partial charge in [-0.05, 0) is 44.9 Å². The molecule has 0 rings (SSSR count). The SMILES string of the molecule is CCCCCCCCC/C=C\CCCC(CC(=O)NC(CO)C(O)CCCCCCCCCCC)OC(=O)CCCCCCCCCCCCCCC. The zero-order chi connectivity index (χ0) is 38.9. The van der Waals surface area contributed by atoms with Crippen LogP contribution >= 0.6 is 0 Å². The summed E-state index contributed by atoms with van der Waals surface area (Å²) in [5, 5.41) is 23.6. The summed E-state index contributed by atoms with van der Waals surface area (Å²) >= 11 is 0. The normalized spacial score (nSPS) is 13.4. The Bertz CT molecular complexity index is 802. The molecule has 0 aliphatic carbocycles. The van der Waals surface area contributed by atoms with Gasteiger partial charge >= 0.3 is 5.97 Å². The molecule has 0 aromatic rings. The minimum atomic E-state index is -0.786. The van der Waals surface area contributed by atoms with E-state index in [1.165, 1.54) is 148 Å². The van der Waals surface area contributed by atoms with Crippen LogP contribution < -0.4 is 5.32 Å². The summed E-state index contributed by atoms with van der Waals surface area (Å²) < 4.78 is 5.89. The second-order valence-electron chi connectivity index (χ2n) is 16.2. The molecule has 0 aliphatic heterocycles. The number of aliphatic hydroxyl groups excluding tert-OH is 2. The fourth-order valence-electron chi connectivity index (χ4n) is 7.25. The Labute approximate surface area is 329 Å². The van der Waals surface area contributed by atoms with Crippen molar-refractivity contribution in [2.24, 2.45) is 0 Å². The van der Waals surface area contributed by atoms with E-state index in [1.807, 2.05) is 0 Å². The number of ether oxygens (including phenoxy) is 1. The molecule has 0 bridgehead atoms. The molecule has 0 heterocycles. The van der Waals surface area contributed by atoms with Crippen molar-refractivity contribution in [2.75, 3.05) is 6.61 Å². The third kappa shape index (κ3) is 37.3. The first-order chi connectivity index (χ1) is 26.0. The number of allylic oxidation sites excluding steroid dienone is 2. The molecule has 314 valence electrons. The minimum absolute atomic E-state index is 0.0628. The van der Waals surface area contributed by atoms with E-state index in [4.69, 9.17) is 4.74 Å². The summed E-state index contributed by atoms with van der Waals surface area (Å²) in [5.41, 5.74) is 0. The second-order valence-corrected chi connectivity index (χ2v) is 16.2. The van der Waals surface area contributed by atoms with Crippen LogP contribution in [0.4, 0.5) is 0 Å². The minimum Gasteiger partial charge on any atom is -0.462 e. The van der Waals surface area contributed by atoms with Crippen LogP contribution in [-0.4, -0.2) is 46.9 Å². The van der Waals surface area contributed by atoms with Crippen molar-refractivity contribution in [1.29, 1.82) is 0 Å². The summed E-state index contributed by atoms with van der Waals surface area (Å²) in [4.78, 5) is 25.9. The number of aliphatic hydroxyl groups is 2. The molecule has 6 nitrogen and oxygen atoms in total. The highest BCUT2D eigenvalue weighted by molar-refractivity contribution is 5.77. The van der Waals surface area contributed by atoms with E-state index < -0.39 is 18.2 Å². The van der Waals surface area contributed by atoms with Crippen molar-refractivity contribution < 1.29 is 24.5 Å². The Balaban J connectivity index is 4.59. The van der Waals surface area contributed by atoms with Crippen LogP contribution in [0, 0.1) is 0 Å². The molecule has 0 saturated heterocycles. The maximum atomic E-state index is 13.1. The summed E-state index contributed by atoms with van der Waals surface area (Å²) in [6.45, 7) is 6.45. The molecule has 1 amide bonds. The predicted octanol–water partition coefficient (Wildman–Crippen LogP) is 13.4. The van der Waals surface area contributed by atoms with Crippen molar-refractivity contribution in [1.82, 2.24) is 5.32 Å². The van der Waals surface area contributed by atoms with Crippen LogP contribution in [-0.2, 0) is 14.3 Å².